The van der Waals surface area contributed by atoms with Crippen LogP contribution in [0.25, 0.3) is 11.4 Å². The molecule has 0 aliphatic rings. The summed E-state index contributed by atoms with van der Waals surface area (Å²) in [5.74, 6) is 1.79. The van der Waals surface area contributed by atoms with Crippen LogP contribution >= 0.6 is 11.6 Å². The zero-order valence-electron chi connectivity index (χ0n) is 14.9. The Balaban J connectivity index is 1.62. The van der Waals surface area contributed by atoms with Crippen molar-refractivity contribution < 1.29 is 18.8 Å². The molecular formula is C19H18ClN3O4. The summed E-state index contributed by atoms with van der Waals surface area (Å²) in [5.41, 5.74) is 1.17. The van der Waals surface area contributed by atoms with Gasteiger partial charge in [0, 0.05) is 18.5 Å². The number of nitrogens with zero attached hydrogens (tertiary/aromatic N) is 2. The maximum Gasteiger partial charge on any atom is 0.252 e. The summed E-state index contributed by atoms with van der Waals surface area (Å²) >= 11 is 6.01. The number of nitrogens with one attached hydrogen (secondary N) is 1. The maximum absolute atomic E-state index is 12.1. The molecule has 3 aromatic rings. The van der Waals surface area contributed by atoms with Crippen molar-refractivity contribution in [2.75, 3.05) is 20.8 Å². The molecule has 1 heterocycles. The van der Waals surface area contributed by atoms with Crippen molar-refractivity contribution in [1.82, 2.24) is 15.5 Å². The van der Waals surface area contributed by atoms with E-state index in [-0.39, 0.29) is 5.91 Å². The molecule has 140 valence electrons. The predicted molar refractivity (Wildman–Crippen MR) is 100 cm³/mol. The Kier molecular flexibility index (Phi) is 5.93. The van der Waals surface area contributed by atoms with Crippen molar-refractivity contribution in [1.29, 1.82) is 0 Å². The summed E-state index contributed by atoms with van der Waals surface area (Å²) in [6.45, 7) is 0.345. The van der Waals surface area contributed by atoms with Crippen LogP contribution in [-0.4, -0.2) is 36.8 Å². The van der Waals surface area contributed by atoms with Gasteiger partial charge in [-0.15, -0.1) is 0 Å². The molecule has 7 nitrogen and oxygen atoms in total. The molecule has 0 saturated heterocycles. The average molecular weight is 388 g/mol. The molecule has 27 heavy (non-hydrogen) atoms. The number of amides is 1. The molecule has 0 atom stereocenters. The molecule has 1 amide bonds. The third-order valence-corrected chi connectivity index (χ3v) is 4.18. The second-order valence-corrected chi connectivity index (χ2v) is 5.97. The average Bonchev–Trinajstić information content (AvgIpc) is 3.16. The van der Waals surface area contributed by atoms with Gasteiger partial charge in [0.2, 0.25) is 11.7 Å². The Morgan fingerprint density at radius 1 is 1.15 bits per heavy atom. The van der Waals surface area contributed by atoms with E-state index in [0.29, 0.717) is 46.8 Å². The quantitative estimate of drug-likeness (QED) is 0.668. The number of methoxy groups -OCH3 is 2. The van der Waals surface area contributed by atoms with E-state index >= 15 is 0 Å². The topological polar surface area (TPSA) is 86.5 Å². The Morgan fingerprint density at radius 3 is 2.67 bits per heavy atom. The molecule has 0 radical (unpaired) electrons. The SMILES string of the molecule is COc1ccc(-c2noc(CCNC(=O)c3ccccc3Cl)n2)cc1OC. The number of rotatable bonds is 7. The van der Waals surface area contributed by atoms with Crippen LogP contribution in [0.2, 0.25) is 5.02 Å². The van der Waals surface area contributed by atoms with Crippen molar-refractivity contribution in [3.05, 3.63) is 58.9 Å². The number of ether oxygens (including phenoxy) is 2. The van der Waals surface area contributed by atoms with Crippen LogP contribution in [0.15, 0.2) is 47.0 Å². The van der Waals surface area contributed by atoms with E-state index in [1.165, 1.54) is 0 Å². The first-order chi connectivity index (χ1) is 13.1. The summed E-state index contributed by atoms with van der Waals surface area (Å²) in [6, 6.07) is 12.2. The van der Waals surface area contributed by atoms with E-state index in [2.05, 4.69) is 15.5 Å². The lowest BCUT2D eigenvalue weighted by Gasteiger charge is -2.07. The number of hydrogen-bond donors (Lipinski definition) is 1. The third kappa shape index (κ3) is 4.38. The lowest BCUT2D eigenvalue weighted by atomic mass is 10.2. The van der Waals surface area contributed by atoms with Crippen LogP contribution in [0.5, 0.6) is 11.5 Å². The van der Waals surface area contributed by atoms with Crippen LogP contribution in [0, 0.1) is 0 Å². The third-order valence-electron chi connectivity index (χ3n) is 3.85. The van der Waals surface area contributed by atoms with Gasteiger partial charge < -0.3 is 19.3 Å². The highest BCUT2D eigenvalue weighted by Gasteiger charge is 2.13. The maximum atomic E-state index is 12.1. The molecule has 1 N–H and O–H groups in total. The van der Waals surface area contributed by atoms with Crippen molar-refractivity contribution in [3.63, 3.8) is 0 Å². The van der Waals surface area contributed by atoms with Crippen molar-refractivity contribution in [3.8, 4) is 22.9 Å². The van der Waals surface area contributed by atoms with Crippen LogP contribution in [0.3, 0.4) is 0 Å². The number of carbonyl (C=O) groups is 1. The Bertz CT molecular complexity index is 942. The number of benzene rings is 2. The molecule has 0 aliphatic carbocycles. The first kappa shape index (κ1) is 18.7. The van der Waals surface area contributed by atoms with Gasteiger partial charge in [0.25, 0.3) is 5.91 Å². The normalized spacial score (nSPS) is 10.5. The minimum absolute atomic E-state index is 0.250. The van der Waals surface area contributed by atoms with E-state index in [9.17, 15) is 4.79 Å². The van der Waals surface area contributed by atoms with Gasteiger partial charge in [-0.25, -0.2) is 0 Å². The van der Waals surface area contributed by atoms with Gasteiger partial charge in [0.1, 0.15) is 0 Å². The molecule has 0 fully saturated rings. The second-order valence-electron chi connectivity index (χ2n) is 5.57. The van der Waals surface area contributed by atoms with Crippen LogP contribution in [0.4, 0.5) is 0 Å². The van der Waals surface area contributed by atoms with E-state index in [1.807, 2.05) is 6.07 Å². The van der Waals surface area contributed by atoms with Crippen molar-refractivity contribution in [2.24, 2.45) is 0 Å². The van der Waals surface area contributed by atoms with Gasteiger partial charge >= 0.3 is 0 Å². The van der Waals surface area contributed by atoms with E-state index < -0.39 is 0 Å². The standard InChI is InChI=1S/C19H18ClN3O4/c1-25-15-8-7-12(11-16(15)26-2)18-22-17(27-23-18)9-10-21-19(24)13-5-3-4-6-14(13)20/h3-8,11H,9-10H2,1-2H3,(H,21,24). The highest BCUT2D eigenvalue weighted by Crippen LogP contribution is 2.31. The van der Waals surface area contributed by atoms with Gasteiger partial charge in [-0.2, -0.15) is 4.98 Å². The van der Waals surface area contributed by atoms with E-state index in [0.717, 1.165) is 5.56 Å². The van der Waals surface area contributed by atoms with Gasteiger partial charge in [0.05, 0.1) is 24.8 Å². The molecule has 2 aromatic carbocycles. The summed E-state index contributed by atoms with van der Waals surface area (Å²) in [6.07, 6.45) is 0.399. The number of halogens is 1. The first-order valence-corrected chi connectivity index (χ1v) is 8.58. The fourth-order valence-corrected chi connectivity index (χ4v) is 2.69. The van der Waals surface area contributed by atoms with Crippen molar-refractivity contribution in [2.45, 2.75) is 6.42 Å². The molecule has 0 aliphatic heterocycles. The molecule has 0 saturated carbocycles. The zero-order valence-corrected chi connectivity index (χ0v) is 15.6. The van der Waals surface area contributed by atoms with Crippen molar-refractivity contribution >= 4 is 17.5 Å². The monoisotopic (exact) mass is 387 g/mol. The van der Waals surface area contributed by atoms with Crippen LogP contribution in [0.1, 0.15) is 16.2 Å². The molecule has 8 heteroatoms. The summed E-state index contributed by atoms with van der Waals surface area (Å²) in [4.78, 5) is 16.5. The Labute approximate surface area is 161 Å². The molecule has 0 bridgehead atoms. The van der Waals surface area contributed by atoms with Gasteiger partial charge in [0.15, 0.2) is 11.5 Å². The van der Waals surface area contributed by atoms with Crippen LogP contribution < -0.4 is 14.8 Å². The van der Waals surface area contributed by atoms with Gasteiger partial charge in [-0.3, -0.25) is 4.79 Å². The molecular weight excluding hydrogens is 370 g/mol. The Morgan fingerprint density at radius 2 is 1.93 bits per heavy atom. The molecule has 0 spiro atoms. The summed E-state index contributed by atoms with van der Waals surface area (Å²) < 4.78 is 15.7. The lowest BCUT2D eigenvalue weighted by Crippen LogP contribution is -2.26. The zero-order chi connectivity index (χ0) is 19.2. The van der Waals surface area contributed by atoms with E-state index in [1.54, 1.807) is 50.6 Å². The number of aromatic nitrogens is 2. The summed E-state index contributed by atoms with van der Waals surface area (Å²) in [7, 11) is 3.13. The number of hydrogen-bond acceptors (Lipinski definition) is 6. The molecule has 3 rings (SSSR count). The molecule has 0 unspecified atom stereocenters. The van der Waals surface area contributed by atoms with Crippen LogP contribution in [-0.2, 0) is 6.42 Å². The minimum atomic E-state index is -0.250. The summed E-state index contributed by atoms with van der Waals surface area (Å²) in [5, 5.41) is 7.16. The smallest absolute Gasteiger partial charge is 0.252 e. The highest BCUT2D eigenvalue weighted by molar-refractivity contribution is 6.33. The van der Waals surface area contributed by atoms with Gasteiger partial charge in [-0.1, -0.05) is 28.9 Å². The Hall–Kier alpha value is -3.06. The largest absolute Gasteiger partial charge is 0.493 e. The van der Waals surface area contributed by atoms with Gasteiger partial charge in [-0.05, 0) is 30.3 Å². The fourth-order valence-electron chi connectivity index (χ4n) is 2.47. The first-order valence-electron chi connectivity index (χ1n) is 8.20. The molecule has 1 aromatic heterocycles. The highest BCUT2D eigenvalue weighted by atomic mass is 35.5. The van der Waals surface area contributed by atoms with E-state index in [4.69, 9.17) is 25.6 Å². The predicted octanol–water partition coefficient (Wildman–Crippen LogP) is 3.38. The second kappa shape index (κ2) is 8.55. The fraction of sp³-hybridized carbons (Fsp3) is 0.211. The number of carbonyl (C=O) groups excluding carboxylic acids is 1. The lowest BCUT2D eigenvalue weighted by molar-refractivity contribution is 0.0953. The minimum Gasteiger partial charge on any atom is -0.493 e.